The smallest absolute Gasteiger partial charge is 0.285 e. The number of para-hydroxylation sites is 2. The zero-order valence-corrected chi connectivity index (χ0v) is 13.7. The minimum Gasteiger partial charge on any atom is -0.482 e. The number of hydrogen-bond acceptors (Lipinski definition) is 4. The lowest BCUT2D eigenvalue weighted by Gasteiger charge is -2.22. The molecule has 0 saturated carbocycles. The van der Waals surface area contributed by atoms with Crippen LogP contribution in [0.5, 0.6) is 5.75 Å². The van der Waals surface area contributed by atoms with Crippen molar-refractivity contribution in [2.75, 3.05) is 0 Å². The highest BCUT2D eigenvalue weighted by Crippen LogP contribution is 2.42. The molecule has 2 aliphatic heterocycles. The summed E-state index contributed by atoms with van der Waals surface area (Å²) in [7, 11) is 0. The van der Waals surface area contributed by atoms with Crippen LogP contribution >= 0.6 is 27.7 Å². The van der Waals surface area contributed by atoms with Gasteiger partial charge in [0, 0.05) is 4.47 Å². The second-order valence-corrected chi connectivity index (χ2v) is 7.04. The first kappa shape index (κ1) is 13.8. The standard InChI is InChI=1S/C16H11BrN2O2S/c17-10-7-5-9(6-8-10)13-14-15(19-16(20)22-14)18-11-3-1-2-4-12(11)21-13/h1-8,13-14H,(H,18,19,20). The Balaban J connectivity index is 1.82. The predicted octanol–water partition coefficient (Wildman–Crippen LogP) is 4.44. The maximum Gasteiger partial charge on any atom is 0.285 e. The Morgan fingerprint density at radius 3 is 2.73 bits per heavy atom. The van der Waals surface area contributed by atoms with E-state index >= 15 is 0 Å². The number of carbonyl (C=O) groups is 1. The molecule has 0 radical (unpaired) electrons. The molecular formula is C16H11BrN2O2S. The summed E-state index contributed by atoms with van der Waals surface area (Å²) in [5.41, 5.74) is 1.76. The summed E-state index contributed by atoms with van der Waals surface area (Å²) in [6.07, 6.45) is -0.264. The Kier molecular flexibility index (Phi) is 3.43. The lowest BCUT2D eigenvalue weighted by Crippen LogP contribution is -2.30. The van der Waals surface area contributed by atoms with Crippen molar-refractivity contribution in [3.8, 4) is 5.75 Å². The molecule has 1 amide bonds. The van der Waals surface area contributed by atoms with Gasteiger partial charge in [-0.15, -0.1) is 0 Å². The number of amides is 1. The topological polar surface area (TPSA) is 50.7 Å². The van der Waals surface area contributed by atoms with Gasteiger partial charge in [0.15, 0.2) is 0 Å². The summed E-state index contributed by atoms with van der Waals surface area (Å²) in [6.45, 7) is 0. The number of thioether (sulfide) groups is 1. The SMILES string of the molecule is O=C1NC2=Nc3ccccc3OC(c3ccc(Br)cc3)C2S1. The highest BCUT2D eigenvalue weighted by Gasteiger charge is 2.40. The van der Waals surface area contributed by atoms with Crippen molar-refractivity contribution in [3.05, 3.63) is 58.6 Å². The van der Waals surface area contributed by atoms with E-state index < -0.39 is 0 Å². The van der Waals surface area contributed by atoms with Gasteiger partial charge in [-0.25, -0.2) is 4.99 Å². The molecule has 110 valence electrons. The van der Waals surface area contributed by atoms with Crippen LogP contribution in [0.4, 0.5) is 10.5 Å². The molecule has 2 aromatic carbocycles. The van der Waals surface area contributed by atoms with Gasteiger partial charge in [-0.2, -0.15) is 0 Å². The molecule has 2 aromatic rings. The Bertz CT molecular complexity index is 776. The number of nitrogens with one attached hydrogen (secondary N) is 1. The maximum absolute atomic E-state index is 11.8. The molecule has 2 heterocycles. The number of benzene rings is 2. The number of aliphatic imine (C=N–C) groups is 1. The van der Waals surface area contributed by atoms with Crippen LogP contribution in [0.1, 0.15) is 11.7 Å². The van der Waals surface area contributed by atoms with Gasteiger partial charge in [0.2, 0.25) is 0 Å². The fraction of sp³-hybridized carbons (Fsp3) is 0.125. The zero-order chi connectivity index (χ0) is 15.1. The monoisotopic (exact) mass is 374 g/mol. The minimum atomic E-state index is -0.264. The molecular weight excluding hydrogens is 364 g/mol. The highest BCUT2D eigenvalue weighted by atomic mass is 79.9. The van der Waals surface area contributed by atoms with E-state index in [1.165, 1.54) is 11.8 Å². The van der Waals surface area contributed by atoms with Gasteiger partial charge < -0.3 is 10.1 Å². The van der Waals surface area contributed by atoms with Gasteiger partial charge in [-0.1, -0.05) is 40.2 Å². The van der Waals surface area contributed by atoms with Gasteiger partial charge in [0.1, 0.15) is 28.6 Å². The van der Waals surface area contributed by atoms with E-state index in [2.05, 4.69) is 26.2 Å². The number of fused-ring (bicyclic) bond motifs is 2. The summed E-state index contributed by atoms with van der Waals surface area (Å²) in [4.78, 5) is 16.3. The van der Waals surface area contributed by atoms with E-state index in [9.17, 15) is 4.79 Å². The first-order valence-corrected chi connectivity index (χ1v) is 8.45. The highest BCUT2D eigenvalue weighted by molar-refractivity contribution is 9.10. The fourth-order valence-corrected chi connectivity index (χ4v) is 3.76. The van der Waals surface area contributed by atoms with Crippen LogP contribution in [0.15, 0.2) is 58.0 Å². The molecule has 2 atom stereocenters. The molecule has 1 fully saturated rings. The molecule has 22 heavy (non-hydrogen) atoms. The van der Waals surface area contributed by atoms with Gasteiger partial charge in [-0.05, 0) is 41.6 Å². The van der Waals surface area contributed by atoms with Gasteiger partial charge in [-0.3, -0.25) is 4.79 Å². The van der Waals surface area contributed by atoms with Crippen LogP contribution in [-0.2, 0) is 0 Å². The molecule has 0 aliphatic carbocycles. The van der Waals surface area contributed by atoms with Crippen LogP contribution in [0, 0.1) is 0 Å². The van der Waals surface area contributed by atoms with Gasteiger partial charge >= 0.3 is 0 Å². The average Bonchev–Trinajstić information content (AvgIpc) is 2.80. The second-order valence-electron chi connectivity index (χ2n) is 5.01. The number of hydrogen-bond donors (Lipinski definition) is 1. The number of ether oxygens (including phenoxy) is 1. The van der Waals surface area contributed by atoms with Crippen molar-refractivity contribution in [1.29, 1.82) is 0 Å². The van der Waals surface area contributed by atoms with Crippen molar-refractivity contribution in [3.63, 3.8) is 0 Å². The molecule has 2 aliphatic rings. The van der Waals surface area contributed by atoms with Crippen LogP contribution in [0.3, 0.4) is 0 Å². The molecule has 4 rings (SSSR count). The van der Waals surface area contributed by atoms with E-state index in [0.29, 0.717) is 5.84 Å². The van der Waals surface area contributed by atoms with Crippen molar-refractivity contribution >= 4 is 44.5 Å². The molecule has 1 N–H and O–H groups in total. The largest absolute Gasteiger partial charge is 0.482 e. The van der Waals surface area contributed by atoms with Crippen LogP contribution < -0.4 is 10.1 Å². The van der Waals surface area contributed by atoms with Crippen LogP contribution in [0.25, 0.3) is 0 Å². The summed E-state index contributed by atoms with van der Waals surface area (Å²) in [5, 5.41) is 2.58. The van der Waals surface area contributed by atoms with E-state index in [1.54, 1.807) is 0 Å². The summed E-state index contributed by atoms with van der Waals surface area (Å²) in [6, 6.07) is 15.6. The molecule has 0 spiro atoms. The average molecular weight is 375 g/mol. The van der Waals surface area contributed by atoms with E-state index in [-0.39, 0.29) is 16.6 Å². The molecule has 2 unspecified atom stereocenters. The van der Waals surface area contributed by atoms with E-state index in [4.69, 9.17) is 4.74 Å². The summed E-state index contributed by atoms with van der Waals surface area (Å²) >= 11 is 4.66. The molecule has 0 aromatic heterocycles. The molecule has 4 nitrogen and oxygen atoms in total. The Morgan fingerprint density at radius 1 is 1.14 bits per heavy atom. The zero-order valence-electron chi connectivity index (χ0n) is 11.3. The third-order valence-corrected chi connectivity index (χ3v) is 5.14. The van der Waals surface area contributed by atoms with Gasteiger partial charge in [0.25, 0.3) is 5.24 Å². The first-order chi connectivity index (χ1) is 10.7. The van der Waals surface area contributed by atoms with Crippen molar-refractivity contribution in [2.45, 2.75) is 11.4 Å². The summed E-state index contributed by atoms with van der Waals surface area (Å²) in [5.74, 6) is 1.39. The number of amidine groups is 1. The third-order valence-electron chi connectivity index (χ3n) is 3.57. The quantitative estimate of drug-likeness (QED) is 0.802. The number of nitrogens with zero attached hydrogens (tertiary/aromatic N) is 1. The number of halogens is 1. The van der Waals surface area contributed by atoms with Crippen molar-refractivity contribution in [1.82, 2.24) is 5.32 Å². The van der Waals surface area contributed by atoms with Crippen molar-refractivity contribution < 1.29 is 9.53 Å². The van der Waals surface area contributed by atoms with Crippen LogP contribution in [0.2, 0.25) is 0 Å². The normalized spacial score (nSPS) is 22.8. The minimum absolute atomic E-state index is 0.0890. The molecule has 1 saturated heterocycles. The number of carbonyl (C=O) groups excluding carboxylic acids is 1. The lowest BCUT2D eigenvalue weighted by atomic mass is 10.1. The third kappa shape index (κ3) is 2.42. The first-order valence-electron chi connectivity index (χ1n) is 6.78. The second kappa shape index (κ2) is 5.44. The molecule has 0 bridgehead atoms. The van der Waals surface area contributed by atoms with Crippen LogP contribution in [-0.4, -0.2) is 16.3 Å². The summed E-state index contributed by atoms with van der Waals surface area (Å²) < 4.78 is 7.21. The Morgan fingerprint density at radius 2 is 1.91 bits per heavy atom. The maximum atomic E-state index is 11.8. The fourth-order valence-electron chi connectivity index (χ4n) is 2.55. The van der Waals surface area contributed by atoms with E-state index in [0.717, 1.165) is 21.5 Å². The number of rotatable bonds is 1. The lowest BCUT2D eigenvalue weighted by molar-refractivity contribution is 0.222. The Labute approximate surface area is 140 Å². The van der Waals surface area contributed by atoms with E-state index in [1.807, 2.05) is 48.5 Å². The Hall–Kier alpha value is -1.79. The van der Waals surface area contributed by atoms with Gasteiger partial charge in [0.05, 0.1) is 0 Å². The predicted molar refractivity (Wildman–Crippen MR) is 91.0 cm³/mol. The van der Waals surface area contributed by atoms with Crippen molar-refractivity contribution in [2.24, 2.45) is 4.99 Å². The molecule has 6 heteroatoms.